The lowest BCUT2D eigenvalue weighted by molar-refractivity contribution is -0.137. The Morgan fingerprint density at radius 2 is 1.84 bits per heavy atom. The van der Waals surface area contributed by atoms with E-state index >= 15 is 0 Å². The first-order valence-corrected chi connectivity index (χ1v) is 11.5. The van der Waals surface area contributed by atoms with Gasteiger partial charge in [0.15, 0.2) is 0 Å². The Kier molecular flexibility index (Phi) is 7.96. The van der Waals surface area contributed by atoms with Crippen molar-refractivity contribution >= 4 is 5.91 Å². The monoisotopic (exact) mass is 438 g/mol. The number of amides is 1. The summed E-state index contributed by atoms with van der Waals surface area (Å²) in [6.45, 7) is 7.22. The third kappa shape index (κ3) is 6.11. The summed E-state index contributed by atoms with van der Waals surface area (Å²) in [6, 6.07) is 16.5. The van der Waals surface area contributed by atoms with E-state index in [-0.39, 0.29) is 11.3 Å². The number of para-hydroxylation sites is 1. The Labute approximate surface area is 193 Å². The van der Waals surface area contributed by atoms with E-state index < -0.39 is 5.41 Å². The second-order valence-electron chi connectivity index (χ2n) is 10.1. The fraction of sp³-hybridized carbons (Fsp3) is 0.519. The summed E-state index contributed by atoms with van der Waals surface area (Å²) in [4.78, 5) is 15.7. The van der Waals surface area contributed by atoms with Crippen LogP contribution in [-0.2, 0) is 16.0 Å². The van der Waals surface area contributed by atoms with Gasteiger partial charge in [0.2, 0.25) is 5.91 Å². The number of hydrogen-bond donors (Lipinski definition) is 1. The number of ether oxygens (including phenoxy) is 2. The van der Waals surface area contributed by atoms with Gasteiger partial charge in [-0.1, -0.05) is 56.3 Å². The maximum absolute atomic E-state index is 13.5. The van der Waals surface area contributed by atoms with Crippen LogP contribution in [0.15, 0.2) is 48.5 Å². The van der Waals surface area contributed by atoms with Gasteiger partial charge in [-0.3, -0.25) is 4.79 Å². The third-order valence-electron chi connectivity index (χ3n) is 6.29. The lowest BCUT2D eigenvalue weighted by Crippen LogP contribution is -2.49. The van der Waals surface area contributed by atoms with Crippen LogP contribution in [0.3, 0.4) is 0 Å². The smallest absolute Gasteiger partial charge is 0.226 e. The highest BCUT2D eigenvalue weighted by Crippen LogP contribution is 2.37. The molecule has 174 valence electrons. The van der Waals surface area contributed by atoms with E-state index in [1.54, 1.807) is 7.11 Å². The van der Waals surface area contributed by atoms with Gasteiger partial charge in [-0.15, -0.1) is 0 Å². The van der Waals surface area contributed by atoms with Gasteiger partial charge < -0.3 is 19.7 Å². The molecule has 0 spiro atoms. The fourth-order valence-corrected chi connectivity index (χ4v) is 4.79. The van der Waals surface area contributed by atoms with E-state index in [2.05, 4.69) is 68.5 Å². The summed E-state index contributed by atoms with van der Waals surface area (Å²) in [5, 5.41) is 3.28. The van der Waals surface area contributed by atoms with Crippen molar-refractivity contribution in [2.45, 2.75) is 33.1 Å². The number of hydrogen-bond acceptors (Lipinski definition) is 4. The largest absolute Gasteiger partial charge is 0.496 e. The molecule has 1 amide bonds. The van der Waals surface area contributed by atoms with Gasteiger partial charge in [0.1, 0.15) is 5.75 Å². The summed E-state index contributed by atoms with van der Waals surface area (Å²) < 4.78 is 11.2. The zero-order chi connectivity index (χ0) is 23.2. The molecular weight excluding hydrogens is 400 g/mol. The summed E-state index contributed by atoms with van der Waals surface area (Å²) >= 11 is 0. The molecule has 1 aliphatic heterocycles. The minimum atomic E-state index is -0.439. The van der Waals surface area contributed by atoms with Gasteiger partial charge in [-0.2, -0.15) is 0 Å². The number of benzene rings is 2. The average Bonchev–Trinajstić information content (AvgIpc) is 2.77. The Balaban J connectivity index is 1.81. The standard InChI is InChI=1S/C27H38N2O3/c1-26(2,20-29(3)4)19-28-25(30)27(13-15-32-16-14-27)18-21-9-8-10-22(17-21)23-11-6-7-12-24(23)31-5/h6-12,17H,13-16,18-20H2,1-5H3,(H,28,30). The summed E-state index contributed by atoms with van der Waals surface area (Å²) in [7, 11) is 5.83. The highest BCUT2D eigenvalue weighted by atomic mass is 16.5. The molecule has 3 rings (SSSR count). The van der Waals surface area contributed by atoms with E-state index in [9.17, 15) is 4.79 Å². The van der Waals surface area contributed by atoms with Crippen molar-refractivity contribution < 1.29 is 14.3 Å². The Hall–Kier alpha value is -2.37. The Morgan fingerprint density at radius 1 is 1.12 bits per heavy atom. The molecule has 32 heavy (non-hydrogen) atoms. The molecule has 1 fully saturated rings. The number of carbonyl (C=O) groups excluding carboxylic acids is 1. The molecule has 5 heteroatoms. The van der Waals surface area contributed by atoms with Gasteiger partial charge >= 0.3 is 0 Å². The Bertz CT molecular complexity index is 901. The maximum atomic E-state index is 13.5. The number of carbonyl (C=O) groups is 1. The second-order valence-corrected chi connectivity index (χ2v) is 10.1. The van der Waals surface area contributed by atoms with Crippen molar-refractivity contribution in [3.8, 4) is 16.9 Å². The van der Waals surface area contributed by atoms with Crippen molar-refractivity contribution in [2.75, 3.05) is 47.5 Å². The van der Waals surface area contributed by atoms with E-state index in [0.717, 1.165) is 41.8 Å². The lowest BCUT2D eigenvalue weighted by atomic mass is 9.74. The molecular formula is C27H38N2O3. The van der Waals surface area contributed by atoms with Crippen LogP contribution in [0, 0.1) is 10.8 Å². The van der Waals surface area contributed by atoms with Crippen LogP contribution in [-0.4, -0.2) is 58.3 Å². The number of nitrogens with one attached hydrogen (secondary N) is 1. The quantitative estimate of drug-likeness (QED) is 0.630. The predicted octanol–water partition coefficient (Wildman–Crippen LogP) is 4.41. The van der Waals surface area contributed by atoms with Crippen molar-refractivity contribution in [3.63, 3.8) is 0 Å². The van der Waals surface area contributed by atoms with Gasteiger partial charge in [0, 0.05) is 31.9 Å². The van der Waals surface area contributed by atoms with Crippen molar-refractivity contribution in [1.29, 1.82) is 0 Å². The molecule has 1 saturated heterocycles. The SMILES string of the molecule is COc1ccccc1-c1cccc(CC2(C(=O)NCC(C)(C)CN(C)C)CCOCC2)c1. The second kappa shape index (κ2) is 10.5. The van der Waals surface area contributed by atoms with Gasteiger partial charge in [-0.25, -0.2) is 0 Å². The minimum Gasteiger partial charge on any atom is -0.496 e. The van der Waals surface area contributed by atoms with Crippen molar-refractivity contribution in [1.82, 2.24) is 10.2 Å². The molecule has 5 nitrogen and oxygen atoms in total. The molecule has 0 saturated carbocycles. The van der Waals surface area contributed by atoms with E-state index in [4.69, 9.17) is 9.47 Å². The Morgan fingerprint density at radius 3 is 2.53 bits per heavy atom. The molecule has 0 aliphatic carbocycles. The maximum Gasteiger partial charge on any atom is 0.226 e. The van der Waals surface area contributed by atoms with Crippen LogP contribution in [0.2, 0.25) is 0 Å². The molecule has 0 aromatic heterocycles. The molecule has 2 aromatic rings. The molecule has 0 bridgehead atoms. The molecule has 2 aromatic carbocycles. The van der Waals surface area contributed by atoms with Crippen LogP contribution in [0.4, 0.5) is 0 Å². The minimum absolute atomic E-state index is 0.00922. The molecule has 0 atom stereocenters. The lowest BCUT2D eigenvalue weighted by Gasteiger charge is -2.37. The van der Waals surface area contributed by atoms with Crippen LogP contribution < -0.4 is 10.1 Å². The van der Waals surface area contributed by atoms with E-state index in [0.29, 0.717) is 26.2 Å². The fourth-order valence-electron chi connectivity index (χ4n) is 4.79. The first kappa shape index (κ1) is 24.3. The van der Waals surface area contributed by atoms with Gasteiger partial charge in [-0.05, 0) is 56.0 Å². The normalized spacial score (nSPS) is 16.1. The summed E-state index contributed by atoms with van der Waals surface area (Å²) in [6.07, 6.45) is 2.19. The molecule has 1 aliphatic rings. The first-order chi connectivity index (χ1) is 15.2. The first-order valence-electron chi connectivity index (χ1n) is 11.5. The molecule has 0 radical (unpaired) electrons. The number of nitrogens with zero attached hydrogens (tertiary/aromatic N) is 1. The van der Waals surface area contributed by atoms with Crippen LogP contribution >= 0.6 is 0 Å². The van der Waals surface area contributed by atoms with Crippen LogP contribution in [0.1, 0.15) is 32.3 Å². The van der Waals surface area contributed by atoms with Gasteiger partial charge in [0.25, 0.3) is 0 Å². The predicted molar refractivity (Wildman–Crippen MR) is 130 cm³/mol. The number of rotatable bonds is 9. The highest BCUT2D eigenvalue weighted by molar-refractivity contribution is 5.83. The van der Waals surface area contributed by atoms with Crippen molar-refractivity contribution in [2.24, 2.45) is 10.8 Å². The zero-order valence-electron chi connectivity index (χ0n) is 20.2. The zero-order valence-corrected chi connectivity index (χ0v) is 20.2. The third-order valence-corrected chi connectivity index (χ3v) is 6.29. The molecule has 0 unspecified atom stereocenters. The topological polar surface area (TPSA) is 50.8 Å². The highest BCUT2D eigenvalue weighted by Gasteiger charge is 2.40. The van der Waals surface area contributed by atoms with Crippen LogP contribution in [0.25, 0.3) is 11.1 Å². The van der Waals surface area contributed by atoms with E-state index in [1.165, 1.54) is 0 Å². The summed E-state index contributed by atoms with van der Waals surface area (Å²) in [5.74, 6) is 1.00. The van der Waals surface area contributed by atoms with Crippen LogP contribution in [0.5, 0.6) is 5.75 Å². The van der Waals surface area contributed by atoms with E-state index in [1.807, 2.05) is 18.2 Å². The molecule has 1 heterocycles. The molecule has 1 N–H and O–H groups in total. The van der Waals surface area contributed by atoms with Crippen molar-refractivity contribution in [3.05, 3.63) is 54.1 Å². The number of methoxy groups -OCH3 is 1. The average molecular weight is 439 g/mol. The summed E-state index contributed by atoms with van der Waals surface area (Å²) in [5.41, 5.74) is 2.90. The van der Waals surface area contributed by atoms with Gasteiger partial charge in [0.05, 0.1) is 12.5 Å².